The molecule has 3 rings (SSSR count). The Balaban J connectivity index is 1.78. The lowest BCUT2D eigenvalue weighted by Crippen LogP contribution is -2.53. The molecule has 0 saturated carbocycles. The fourth-order valence-corrected chi connectivity index (χ4v) is 3.88. The molecule has 2 aliphatic heterocycles. The van der Waals surface area contributed by atoms with Gasteiger partial charge in [0.15, 0.2) is 0 Å². The van der Waals surface area contributed by atoms with Gasteiger partial charge in [-0.3, -0.25) is 14.6 Å². The molecule has 3 amide bonds. The van der Waals surface area contributed by atoms with Gasteiger partial charge in [0.2, 0.25) is 15.9 Å². The van der Waals surface area contributed by atoms with Gasteiger partial charge in [0, 0.05) is 26.7 Å². The van der Waals surface area contributed by atoms with Gasteiger partial charge in [-0.1, -0.05) is 0 Å². The van der Waals surface area contributed by atoms with Crippen LogP contribution in [-0.2, 0) is 14.8 Å². The summed E-state index contributed by atoms with van der Waals surface area (Å²) >= 11 is 0. The predicted octanol–water partition coefficient (Wildman–Crippen LogP) is 0.388. The summed E-state index contributed by atoms with van der Waals surface area (Å²) in [4.78, 5) is 32.1. The van der Waals surface area contributed by atoms with Gasteiger partial charge in [0.05, 0.1) is 18.1 Å². The molecule has 0 radical (unpaired) electrons. The zero-order valence-electron chi connectivity index (χ0n) is 14.9. The first-order valence-corrected chi connectivity index (χ1v) is 10.4. The van der Waals surface area contributed by atoms with Gasteiger partial charge in [-0.25, -0.2) is 18.2 Å². The second-order valence-electron chi connectivity index (χ2n) is 6.54. The third-order valence-electron chi connectivity index (χ3n) is 4.77. The largest absolute Gasteiger partial charge is 0.338 e. The van der Waals surface area contributed by atoms with Gasteiger partial charge in [0.1, 0.15) is 11.9 Å². The smallest absolute Gasteiger partial charge is 0.321 e. The molecule has 26 heavy (non-hydrogen) atoms. The molecule has 0 aromatic carbocycles. The highest BCUT2D eigenvalue weighted by Gasteiger charge is 2.36. The van der Waals surface area contributed by atoms with Crippen molar-refractivity contribution in [1.29, 1.82) is 0 Å². The maximum Gasteiger partial charge on any atom is 0.321 e. The Morgan fingerprint density at radius 1 is 1.19 bits per heavy atom. The third-order valence-corrected chi connectivity index (χ3v) is 6.07. The number of likely N-dealkylation sites (N-methyl/N-ethyl adjacent to an activating group) is 1. The number of carbonyl (C=O) groups is 2. The van der Waals surface area contributed by atoms with Gasteiger partial charge in [-0.2, -0.15) is 4.31 Å². The van der Waals surface area contributed by atoms with E-state index < -0.39 is 16.1 Å². The lowest BCUT2D eigenvalue weighted by atomic mass is 10.1. The molecule has 2 saturated heterocycles. The molecule has 10 heteroatoms. The fourth-order valence-electron chi connectivity index (χ4n) is 3.23. The monoisotopic (exact) mass is 381 g/mol. The zero-order valence-corrected chi connectivity index (χ0v) is 15.7. The van der Waals surface area contributed by atoms with Crippen molar-refractivity contribution in [3.05, 3.63) is 18.3 Å². The molecule has 1 aromatic heterocycles. The lowest BCUT2D eigenvalue weighted by molar-refractivity contribution is -0.123. The molecule has 3 heterocycles. The van der Waals surface area contributed by atoms with Crippen molar-refractivity contribution in [3.8, 4) is 0 Å². The maximum atomic E-state index is 12.8. The van der Waals surface area contributed by atoms with Gasteiger partial charge >= 0.3 is 6.03 Å². The maximum absolute atomic E-state index is 12.8. The zero-order chi connectivity index (χ0) is 18.9. The standard InChI is InChI=1S/C16H23N5O4S/c1-19(26(2,24)25)13-5-3-9-21(15(13)22)14-7-6-12(11-18-14)20-10-4-8-17-16(20)23/h6-7,11,13H,3-5,8-10H2,1-2H3,(H,17,23). The summed E-state index contributed by atoms with van der Waals surface area (Å²) in [5.41, 5.74) is 0.667. The number of pyridine rings is 1. The van der Waals surface area contributed by atoms with E-state index in [1.54, 1.807) is 23.2 Å². The van der Waals surface area contributed by atoms with E-state index in [0.29, 0.717) is 44.0 Å². The number of nitrogens with one attached hydrogen (secondary N) is 1. The summed E-state index contributed by atoms with van der Waals surface area (Å²) in [5, 5.41) is 2.78. The molecule has 0 bridgehead atoms. The Morgan fingerprint density at radius 3 is 2.54 bits per heavy atom. The Labute approximate surface area is 153 Å². The fraction of sp³-hybridized carbons (Fsp3) is 0.562. The van der Waals surface area contributed by atoms with E-state index >= 15 is 0 Å². The highest BCUT2D eigenvalue weighted by Crippen LogP contribution is 2.25. The molecule has 1 aromatic rings. The minimum absolute atomic E-state index is 0.158. The number of anilines is 2. The summed E-state index contributed by atoms with van der Waals surface area (Å²) in [6.45, 7) is 1.78. The van der Waals surface area contributed by atoms with Crippen LogP contribution in [0.2, 0.25) is 0 Å². The molecular weight excluding hydrogens is 358 g/mol. The van der Waals surface area contributed by atoms with Gasteiger partial charge in [-0.15, -0.1) is 0 Å². The summed E-state index contributed by atoms with van der Waals surface area (Å²) in [6.07, 6.45) is 4.70. The Kier molecular flexibility index (Phi) is 5.15. The van der Waals surface area contributed by atoms with E-state index in [4.69, 9.17) is 0 Å². The molecule has 142 valence electrons. The number of aromatic nitrogens is 1. The number of rotatable bonds is 4. The van der Waals surface area contributed by atoms with Crippen molar-refractivity contribution in [2.75, 3.05) is 42.7 Å². The topological polar surface area (TPSA) is 103 Å². The molecule has 2 fully saturated rings. The van der Waals surface area contributed by atoms with E-state index in [0.717, 1.165) is 17.0 Å². The average Bonchev–Trinajstić information content (AvgIpc) is 2.61. The van der Waals surface area contributed by atoms with Crippen LogP contribution in [0.3, 0.4) is 0 Å². The van der Waals surface area contributed by atoms with Crippen molar-refractivity contribution < 1.29 is 18.0 Å². The molecule has 0 spiro atoms. The number of amides is 3. The second-order valence-corrected chi connectivity index (χ2v) is 8.58. The molecule has 1 atom stereocenters. The highest BCUT2D eigenvalue weighted by atomic mass is 32.2. The van der Waals surface area contributed by atoms with E-state index in [9.17, 15) is 18.0 Å². The van der Waals surface area contributed by atoms with Crippen molar-refractivity contribution in [2.45, 2.75) is 25.3 Å². The summed E-state index contributed by atoms with van der Waals surface area (Å²) in [7, 11) is -2.03. The second kappa shape index (κ2) is 7.20. The predicted molar refractivity (Wildman–Crippen MR) is 97.6 cm³/mol. The van der Waals surface area contributed by atoms with Crippen LogP contribution in [0.5, 0.6) is 0 Å². The number of nitrogens with zero attached hydrogens (tertiary/aromatic N) is 4. The average molecular weight is 381 g/mol. The van der Waals surface area contributed by atoms with Crippen LogP contribution < -0.4 is 15.1 Å². The van der Waals surface area contributed by atoms with Gasteiger partial charge in [0.25, 0.3) is 0 Å². The molecule has 2 aliphatic rings. The summed E-state index contributed by atoms with van der Waals surface area (Å²) < 4.78 is 24.7. The van der Waals surface area contributed by atoms with Crippen molar-refractivity contribution >= 4 is 33.5 Å². The Bertz CT molecular complexity index is 795. The van der Waals surface area contributed by atoms with Crippen LogP contribution in [0.1, 0.15) is 19.3 Å². The Hall–Kier alpha value is -2.20. The number of piperidine rings is 1. The van der Waals surface area contributed by atoms with Crippen LogP contribution in [0.25, 0.3) is 0 Å². The minimum atomic E-state index is -3.45. The molecule has 1 N–H and O–H groups in total. The summed E-state index contributed by atoms with van der Waals surface area (Å²) in [5.74, 6) is 0.183. The van der Waals surface area contributed by atoms with E-state index in [1.807, 2.05) is 0 Å². The van der Waals surface area contributed by atoms with Crippen molar-refractivity contribution in [2.24, 2.45) is 0 Å². The Morgan fingerprint density at radius 2 is 1.92 bits per heavy atom. The molecule has 9 nitrogen and oxygen atoms in total. The van der Waals surface area contributed by atoms with Crippen LogP contribution >= 0.6 is 0 Å². The first kappa shape index (κ1) is 18.6. The van der Waals surface area contributed by atoms with Gasteiger partial charge in [-0.05, 0) is 31.4 Å². The first-order valence-electron chi connectivity index (χ1n) is 8.55. The number of hydrogen-bond acceptors (Lipinski definition) is 5. The van der Waals surface area contributed by atoms with Gasteiger partial charge < -0.3 is 5.32 Å². The van der Waals surface area contributed by atoms with E-state index in [1.165, 1.54) is 11.9 Å². The molecule has 0 aliphatic carbocycles. The number of hydrogen-bond donors (Lipinski definition) is 1. The first-order chi connectivity index (χ1) is 12.3. The SMILES string of the molecule is CN(C1CCCN(c2ccc(N3CCCNC3=O)cn2)C1=O)S(C)(=O)=O. The van der Waals surface area contributed by atoms with E-state index in [-0.39, 0.29) is 11.9 Å². The van der Waals surface area contributed by atoms with Crippen LogP contribution in [0.4, 0.5) is 16.3 Å². The highest BCUT2D eigenvalue weighted by molar-refractivity contribution is 7.88. The number of sulfonamides is 1. The third kappa shape index (κ3) is 3.65. The number of urea groups is 1. The normalized spacial score (nSPS) is 21.9. The number of carbonyl (C=O) groups excluding carboxylic acids is 2. The van der Waals surface area contributed by atoms with Crippen molar-refractivity contribution in [3.63, 3.8) is 0 Å². The van der Waals surface area contributed by atoms with Crippen LogP contribution in [-0.4, -0.2) is 68.6 Å². The molecular formula is C16H23N5O4S. The lowest BCUT2D eigenvalue weighted by Gasteiger charge is -2.35. The van der Waals surface area contributed by atoms with E-state index in [2.05, 4.69) is 10.3 Å². The quantitative estimate of drug-likeness (QED) is 0.813. The van der Waals surface area contributed by atoms with Crippen molar-refractivity contribution in [1.82, 2.24) is 14.6 Å². The molecule has 1 unspecified atom stereocenters. The van der Waals surface area contributed by atoms with Crippen LogP contribution in [0.15, 0.2) is 18.3 Å². The minimum Gasteiger partial charge on any atom is -0.338 e. The van der Waals surface area contributed by atoms with Crippen LogP contribution in [0, 0.1) is 0 Å². The summed E-state index contributed by atoms with van der Waals surface area (Å²) in [6, 6.07) is 2.57.